The number of esters is 1. The lowest BCUT2D eigenvalue weighted by Crippen LogP contribution is -2.80. The smallest absolute Gasteiger partial charge is 0.302 e. The first-order valence-corrected chi connectivity index (χ1v) is 13.5. The minimum absolute atomic E-state index is 0.0257. The summed E-state index contributed by atoms with van der Waals surface area (Å²) in [7, 11) is 6.79. The van der Waals surface area contributed by atoms with Crippen molar-refractivity contribution in [1.29, 1.82) is 0 Å². The molecule has 0 radical (unpaired) electrons. The van der Waals surface area contributed by atoms with Gasteiger partial charge in [0.15, 0.2) is 11.6 Å². The van der Waals surface area contributed by atoms with Crippen LogP contribution in [-0.2, 0) is 28.5 Å². The van der Waals surface area contributed by atoms with Crippen molar-refractivity contribution < 1.29 is 43.3 Å². The fourth-order valence-corrected chi connectivity index (χ4v) is 11.0. The number of nitrogens with zero attached hydrogens (tertiary/aromatic N) is 1. The second-order valence-electron chi connectivity index (χ2n) is 12.2. The minimum atomic E-state index is -1.60. The normalized spacial score (nSPS) is 55.9. The standard InChI is InChI=1S/C27H42NO8/c1-7-28-12-24(13-36-14(2)29)9-8-18(33-4)26-16-10-15-17(32-3)11-25(30,19(16)20(15)34-5)27(31,23(26)28)22(35-6)21(24)26/h12,15-23,30-31H,7-11,13H2,1-6H3/q+1/t15-,16-,17+,18?,19-,20+,21-,22+,23+,24+,25-,26+,27+/m1/s1. The molecule has 6 rings (SSSR count). The summed E-state index contributed by atoms with van der Waals surface area (Å²) in [6.45, 7) is 4.38. The zero-order chi connectivity index (χ0) is 25.8. The highest BCUT2D eigenvalue weighted by molar-refractivity contribution is 5.69. The Balaban J connectivity index is 1.66. The first-order valence-electron chi connectivity index (χ1n) is 13.5. The molecule has 1 heterocycles. The van der Waals surface area contributed by atoms with Crippen molar-refractivity contribution in [2.24, 2.45) is 34.5 Å². The highest BCUT2D eigenvalue weighted by Gasteiger charge is 2.94. The predicted octanol–water partition coefficient (Wildman–Crippen LogP) is 0.623. The summed E-state index contributed by atoms with van der Waals surface area (Å²) in [5.41, 5.74) is -4.12. The number of likely N-dealkylation sites (N-methyl/N-ethyl adjacent to an activating group) is 1. The molecule has 7 bridgehead atoms. The first kappa shape index (κ1) is 25.2. The molecule has 13 atom stereocenters. The fourth-order valence-electron chi connectivity index (χ4n) is 11.0. The van der Waals surface area contributed by atoms with E-state index in [9.17, 15) is 15.0 Å². The molecule has 5 aliphatic carbocycles. The molecule has 1 spiro atoms. The van der Waals surface area contributed by atoms with Crippen molar-refractivity contribution in [1.82, 2.24) is 0 Å². The average Bonchev–Trinajstić information content (AvgIpc) is 3.28. The molecule has 0 aromatic carbocycles. The predicted molar refractivity (Wildman–Crippen MR) is 128 cm³/mol. The van der Waals surface area contributed by atoms with Crippen LogP contribution in [0.2, 0.25) is 0 Å². The zero-order valence-corrected chi connectivity index (χ0v) is 22.3. The summed E-state index contributed by atoms with van der Waals surface area (Å²) in [6, 6.07) is -0.404. The maximum absolute atomic E-state index is 13.1. The van der Waals surface area contributed by atoms with Gasteiger partial charge in [0.1, 0.15) is 31.1 Å². The molecular weight excluding hydrogens is 466 g/mol. The van der Waals surface area contributed by atoms with Gasteiger partial charge in [-0.15, -0.1) is 0 Å². The largest absolute Gasteiger partial charge is 0.465 e. The Labute approximate surface area is 213 Å². The van der Waals surface area contributed by atoms with E-state index in [1.165, 1.54) is 6.92 Å². The number of hydrogen-bond acceptors (Lipinski definition) is 8. The third-order valence-electron chi connectivity index (χ3n) is 11.6. The van der Waals surface area contributed by atoms with E-state index in [0.717, 1.165) is 19.3 Å². The average molecular weight is 509 g/mol. The van der Waals surface area contributed by atoms with Gasteiger partial charge >= 0.3 is 5.97 Å². The lowest BCUT2D eigenvalue weighted by Gasteiger charge is -2.64. The van der Waals surface area contributed by atoms with E-state index in [1.54, 1.807) is 28.4 Å². The maximum atomic E-state index is 13.1. The van der Waals surface area contributed by atoms with E-state index in [1.807, 2.05) is 0 Å². The SMILES string of the molecule is CC[N+]1=C[C@]2(COC(C)=O)CCC(OC)[C@@]34[C@@H]5C[C@H]6[C@H](OC)[C@@H]5[C@](O)(C[C@@H]6OC)[C@](O)([C@@H](OC)[C@H]23)[C@@H]14. The van der Waals surface area contributed by atoms with Gasteiger partial charge in [-0.3, -0.25) is 4.79 Å². The number of hydrogen-bond donors (Lipinski definition) is 2. The van der Waals surface area contributed by atoms with E-state index in [4.69, 9.17) is 23.7 Å². The summed E-state index contributed by atoms with van der Waals surface area (Å²) in [6.07, 6.45) is 3.60. The number of carbonyl (C=O) groups excluding carboxylic acids is 1. The Morgan fingerprint density at radius 2 is 1.86 bits per heavy atom. The lowest BCUT2D eigenvalue weighted by molar-refractivity contribution is -0.622. The van der Waals surface area contributed by atoms with Crippen molar-refractivity contribution in [3.63, 3.8) is 0 Å². The van der Waals surface area contributed by atoms with Crippen molar-refractivity contribution in [2.75, 3.05) is 41.6 Å². The summed E-state index contributed by atoms with van der Waals surface area (Å²) in [5.74, 6) is -0.642. The van der Waals surface area contributed by atoms with Gasteiger partial charge in [0.2, 0.25) is 0 Å². The molecule has 2 N–H and O–H groups in total. The van der Waals surface area contributed by atoms with Gasteiger partial charge in [-0.25, -0.2) is 4.58 Å². The van der Waals surface area contributed by atoms with Crippen molar-refractivity contribution in [2.45, 2.75) is 81.2 Å². The van der Waals surface area contributed by atoms with Crippen LogP contribution in [0.15, 0.2) is 0 Å². The van der Waals surface area contributed by atoms with Crippen LogP contribution < -0.4 is 0 Å². The number of aliphatic hydroxyl groups is 2. The molecule has 5 saturated carbocycles. The van der Waals surface area contributed by atoms with Crippen LogP contribution >= 0.6 is 0 Å². The fraction of sp³-hybridized carbons (Fsp3) is 0.926. The number of ether oxygens (including phenoxy) is 5. The molecular formula is C27H42NO8+. The van der Waals surface area contributed by atoms with Gasteiger partial charge < -0.3 is 33.9 Å². The topological polar surface area (TPSA) is 107 Å². The van der Waals surface area contributed by atoms with Gasteiger partial charge in [-0.2, -0.15) is 0 Å². The van der Waals surface area contributed by atoms with Crippen molar-refractivity contribution in [3.8, 4) is 0 Å². The van der Waals surface area contributed by atoms with E-state index in [0.29, 0.717) is 13.0 Å². The second kappa shape index (κ2) is 7.96. The number of carbonyl (C=O) groups is 1. The van der Waals surface area contributed by atoms with Crippen molar-refractivity contribution >= 4 is 12.2 Å². The van der Waals surface area contributed by atoms with Crippen LogP contribution in [0.3, 0.4) is 0 Å². The molecule has 9 nitrogen and oxygen atoms in total. The molecule has 0 aromatic rings. The molecule has 1 aliphatic heterocycles. The Kier molecular flexibility index (Phi) is 5.57. The maximum Gasteiger partial charge on any atom is 0.302 e. The number of methoxy groups -OCH3 is 4. The lowest BCUT2D eigenvalue weighted by atomic mass is 9.43. The first-order chi connectivity index (χ1) is 17.2. The molecule has 6 aliphatic rings. The highest BCUT2D eigenvalue weighted by atomic mass is 16.5. The van der Waals surface area contributed by atoms with Crippen LogP contribution in [-0.4, -0.2) is 110 Å². The molecule has 36 heavy (non-hydrogen) atoms. The van der Waals surface area contributed by atoms with Crippen LogP contribution in [0.4, 0.5) is 0 Å². The van der Waals surface area contributed by atoms with Gasteiger partial charge in [0.25, 0.3) is 0 Å². The summed E-state index contributed by atoms with van der Waals surface area (Å²) in [5, 5.41) is 25.9. The van der Waals surface area contributed by atoms with Crippen LogP contribution in [0.25, 0.3) is 0 Å². The molecule has 5 fully saturated rings. The van der Waals surface area contributed by atoms with Gasteiger partial charge in [0, 0.05) is 59.5 Å². The quantitative estimate of drug-likeness (QED) is 0.381. The van der Waals surface area contributed by atoms with Crippen molar-refractivity contribution in [3.05, 3.63) is 0 Å². The van der Waals surface area contributed by atoms with Gasteiger partial charge in [-0.05, 0) is 32.1 Å². The molecule has 202 valence electrons. The minimum Gasteiger partial charge on any atom is -0.465 e. The van der Waals surface area contributed by atoms with Crippen LogP contribution in [0.1, 0.15) is 39.5 Å². The van der Waals surface area contributed by atoms with Crippen LogP contribution in [0, 0.1) is 34.5 Å². The Hall–Kier alpha value is -1.10. The second-order valence-corrected chi connectivity index (χ2v) is 12.2. The van der Waals surface area contributed by atoms with E-state index < -0.39 is 34.2 Å². The Morgan fingerprint density at radius 1 is 1.11 bits per heavy atom. The van der Waals surface area contributed by atoms with Gasteiger partial charge in [-0.1, -0.05) is 0 Å². The summed E-state index contributed by atoms with van der Waals surface area (Å²) < 4.78 is 32.6. The monoisotopic (exact) mass is 508 g/mol. The van der Waals surface area contributed by atoms with E-state index in [2.05, 4.69) is 17.7 Å². The Morgan fingerprint density at radius 3 is 2.44 bits per heavy atom. The third kappa shape index (κ3) is 2.49. The van der Waals surface area contributed by atoms with E-state index >= 15 is 0 Å². The highest BCUT2D eigenvalue weighted by Crippen LogP contribution is 2.79. The zero-order valence-electron chi connectivity index (χ0n) is 22.3. The molecule has 0 saturated heterocycles. The summed E-state index contributed by atoms with van der Waals surface area (Å²) in [4.78, 5) is 12.0. The molecule has 0 amide bonds. The summed E-state index contributed by atoms with van der Waals surface area (Å²) >= 11 is 0. The molecule has 0 aromatic heterocycles. The molecule has 9 heteroatoms. The van der Waals surface area contributed by atoms with Gasteiger partial charge in [0.05, 0.1) is 29.1 Å². The Bertz CT molecular complexity index is 973. The third-order valence-corrected chi connectivity index (χ3v) is 11.6. The number of rotatable bonds is 7. The van der Waals surface area contributed by atoms with E-state index in [-0.39, 0.29) is 54.6 Å². The van der Waals surface area contributed by atoms with Crippen LogP contribution in [0.5, 0.6) is 0 Å². The molecule has 1 unspecified atom stereocenters. The number of fused-ring (bicyclic) bond motifs is 2.